The van der Waals surface area contributed by atoms with Crippen molar-refractivity contribution in [2.75, 3.05) is 13.1 Å². The summed E-state index contributed by atoms with van der Waals surface area (Å²) in [6, 6.07) is 0. The summed E-state index contributed by atoms with van der Waals surface area (Å²) in [4.78, 5) is 16.3. The summed E-state index contributed by atoms with van der Waals surface area (Å²) in [6.07, 6.45) is 4.32. The Balaban J connectivity index is 1.90. The predicted octanol–water partition coefficient (Wildman–Crippen LogP) is 1.32. The number of aromatic nitrogens is 1. The van der Waals surface area contributed by atoms with E-state index in [1.807, 2.05) is 6.92 Å². The maximum Gasteiger partial charge on any atom is 0.270 e. The molecule has 5 nitrogen and oxygen atoms in total. The van der Waals surface area contributed by atoms with E-state index in [0.717, 1.165) is 30.7 Å². The Morgan fingerprint density at radius 2 is 2.45 bits per heavy atom. The van der Waals surface area contributed by atoms with Crippen LogP contribution in [0.4, 0.5) is 0 Å². The van der Waals surface area contributed by atoms with Gasteiger partial charge in [-0.1, -0.05) is 19.8 Å². The van der Waals surface area contributed by atoms with Crippen molar-refractivity contribution in [2.45, 2.75) is 45.1 Å². The van der Waals surface area contributed by atoms with Crippen molar-refractivity contribution in [1.29, 1.82) is 0 Å². The van der Waals surface area contributed by atoms with Crippen LogP contribution in [0.2, 0.25) is 0 Å². The Bertz CT molecular complexity index is 463. The summed E-state index contributed by atoms with van der Waals surface area (Å²) in [5.74, 6) is -0.163. The van der Waals surface area contributed by atoms with Crippen LogP contribution in [-0.2, 0) is 6.42 Å². The van der Waals surface area contributed by atoms with Crippen molar-refractivity contribution in [1.82, 2.24) is 10.3 Å². The van der Waals surface area contributed by atoms with Gasteiger partial charge in [-0.15, -0.1) is 11.3 Å². The number of nitrogens with two attached hydrogens (primary N) is 1. The van der Waals surface area contributed by atoms with Crippen molar-refractivity contribution in [3.8, 4) is 0 Å². The molecule has 1 aliphatic rings. The molecule has 6 heteroatoms. The van der Waals surface area contributed by atoms with Gasteiger partial charge in [0.25, 0.3) is 5.91 Å². The van der Waals surface area contributed by atoms with Crippen molar-refractivity contribution >= 4 is 17.2 Å². The van der Waals surface area contributed by atoms with Crippen LogP contribution in [0.5, 0.6) is 0 Å². The lowest BCUT2D eigenvalue weighted by atomic mass is 9.73. The normalized spacial score (nSPS) is 26.4. The lowest BCUT2D eigenvalue weighted by Crippen LogP contribution is -2.45. The van der Waals surface area contributed by atoms with Crippen molar-refractivity contribution in [2.24, 2.45) is 11.1 Å². The van der Waals surface area contributed by atoms with Gasteiger partial charge in [0.2, 0.25) is 0 Å². The molecule has 1 amide bonds. The van der Waals surface area contributed by atoms with Crippen molar-refractivity contribution < 1.29 is 9.90 Å². The number of nitrogens with one attached hydrogen (secondary N) is 1. The smallest absolute Gasteiger partial charge is 0.270 e. The zero-order valence-corrected chi connectivity index (χ0v) is 12.7. The van der Waals surface area contributed by atoms with Gasteiger partial charge in [-0.05, 0) is 19.4 Å². The van der Waals surface area contributed by atoms with Gasteiger partial charge < -0.3 is 16.2 Å². The first kappa shape index (κ1) is 15.4. The molecule has 1 aromatic heterocycles. The van der Waals surface area contributed by atoms with E-state index in [4.69, 9.17) is 5.73 Å². The summed E-state index contributed by atoms with van der Waals surface area (Å²) in [5, 5.41) is 15.7. The lowest BCUT2D eigenvalue weighted by Gasteiger charge is -2.38. The van der Waals surface area contributed by atoms with Gasteiger partial charge >= 0.3 is 0 Å². The molecule has 112 valence electrons. The number of aliphatic hydroxyl groups excluding tert-OH is 1. The van der Waals surface area contributed by atoms with E-state index in [1.54, 1.807) is 5.38 Å². The van der Waals surface area contributed by atoms with Gasteiger partial charge in [-0.3, -0.25) is 4.79 Å². The Kier molecular flexibility index (Phi) is 5.12. The summed E-state index contributed by atoms with van der Waals surface area (Å²) < 4.78 is 0. The molecule has 0 bridgehead atoms. The first-order valence-corrected chi connectivity index (χ1v) is 8.04. The second-order valence-electron chi connectivity index (χ2n) is 5.76. The minimum atomic E-state index is -0.334. The molecule has 0 aromatic carbocycles. The highest BCUT2D eigenvalue weighted by atomic mass is 32.1. The monoisotopic (exact) mass is 297 g/mol. The third kappa shape index (κ3) is 3.56. The lowest BCUT2D eigenvalue weighted by molar-refractivity contribution is 0.00187. The topological polar surface area (TPSA) is 88.2 Å². The molecular weight excluding hydrogens is 274 g/mol. The van der Waals surface area contributed by atoms with Crippen LogP contribution in [0.15, 0.2) is 5.38 Å². The molecular formula is C14H23N3O2S. The molecule has 1 heterocycles. The van der Waals surface area contributed by atoms with E-state index < -0.39 is 0 Å². The van der Waals surface area contributed by atoms with Gasteiger partial charge in [-0.25, -0.2) is 4.98 Å². The highest BCUT2D eigenvalue weighted by Gasteiger charge is 2.35. The SMILES string of the molecule is CC1(CNC(=O)c2csc(CCN)n2)CCCCC1O. The van der Waals surface area contributed by atoms with Gasteiger partial charge in [-0.2, -0.15) is 0 Å². The minimum Gasteiger partial charge on any atom is -0.392 e. The molecule has 2 unspecified atom stereocenters. The van der Waals surface area contributed by atoms with E-state index in [9.17, 15) is 9.90 Å². The van der Waals surface area contributed by atoms with Gasteiger partial charge in [0.05, 0.1) is 11.1 Å². The van der Waals surface area contributed by atoms with Gasteiger partial charge in [0, 0.05) is 23.8 Å². The molecule has 4 N–H and O–H groups in total. The van der Waals surface area contributed by atoms with Crippen molar-refractivity contribution in [3.05, 3.63) is 16.1 Å². The van der Waals surface area contributed by atoms with E-state index >= 15 is 0 Å². The molecule has 1 fully saturated rings. The summed E-state index contributed by atoms with van der Waals surface area (Å²) in [7, 11) is 0. The fourth-order valence-electron chi connectivity index (χ4n) is 2.61. The van der Waals surface area contributed by atoms with E-state index in [2.05, 4.69) is 10.3 Å². The van der Waals surface area contributed by atoms with Crippen LogP contribution in [0.3, 0.4) is 0 Å². The molecule has 20 heavy (non-hydrogen) atoms. The van der Waals surface area contributed by atoms with Gasteiger partial charge in [0.1, 0.15) is 5.69 Å². The number of hydrogen-bond donors (Lipinski definition) is 3. The van der Waals surface area contributed by atoms with Crippen LogP contribution in [0.25, 0.3) is 0 Å². The zero-order valence-electron chi connectivity index (χ0n) is 11.9. The molecule has 2 rings (SSSR count). The van der Waals surface area contributed by atoms with E-state index in [-0.39, 0.29) is 17.4 Å². The molecule has 0 saturated heterocycles. The molecule has 0 radical (unpaired) electrons. The first-order chi connectivity index (χ1) is 9.55. The standard InChI is InChI=1S/C14H23N3O2S/c1-14(6-3-2-4-11(14)18)9-16-13(19)10-8-20-12(17-10)5-7-15/h8,11,18H,2-7,9,15H2,1H3,(H,16,19). The summed E-state index contributed by atoms with van der Waals surface area (Å²) in [6.45, 7) is 3.08. The number of aliphatic hydroxyl groups is 1. The molecule has 1 aromatic rings. The Labute approximate surface area is 123 Å². The maximum absolute atomic E-state index is 12.1. The Morgan fingerprint density at radius 1 is 1.65 bits per heavy atom. The number of rotatable bonds is 5. The molecule has 2 atom stereocenters. The first-order valence-electron chi connectivity index (χ1n) is 7.16. The average molecular weight is 297 g/mol. The Morgan fingerprint density at radius 3 is 3.15 bits per heavy atom. The summed E-state index contributed by atoms with van der Waals surface area (Å²) >= 11 is 1.46. The largest absolute Gasteiger partial charge is 0.392 e. The second kappa shape index (κ2) is 6.65. The summed E-state index contributed by atoms with van der Waals surface area (Å²) in [5.41, 5.74) is 5.71. The number of nitrogens with zero attached hydrogens (tertiary/aromatic N) is 1. The quantitative estimate of drug-likeness (QED) is 0.764. The van der Waals surface area contributed by atoms with Crippen LogP contribution in [0, 0.1) is 5.41 Å². The fourth-order valence-corrected chi connectivity index (χ4v) is 3.41. The van der Waals surface area contributed by atoms with Crippen molar-refractivity contribution in [3.63, 3.8) is 0 Å². The third-order valence-corrected chi connectivity index (χ3v) is 4.98. The minimum absolute atomic E-state index is 0.163. The van der Waals surface area contributed by atoms with Crippen LogP contribution in [0.1, 0.15) is 48.1 Å². The van der Waals surface area contributed by atoms with Gasteiger partial charge in [0.15, 0.2) is 0 Å². The number of carbonyl (C=O) groups is 1. The second-order valence-corrected chi connectivity index (χ2v) is 6.71. The fraction of sp³-hybridized carbons (Fsp3) is 0.714. The number of hydrogen-bond acceptors (Lipinski definition) is 5. The Hall–Kier alpha value is -0.980. The molecule has 1 aliphatic carbocycles. The van der Waals surface area contributed by atoms with Crippen LogP contribution >= 0.6 is 11.3 Å². The number of amides is 1. The zero-order chi connectivity index (χ0) is 14.6. The molecule has 0 spiro atoms. The number of carbonyl (C=O) groups excluding carboxylic acids is 1. The highest BCUT2D eigenvalue weighted by Crippen LogP contribution is 2.35. The van der Waals surface area contributed by atoms with Crippen LogP contribution in [-0.4, -0.2) is 35.2 Å². The van der Waals surface area contributed by atoms with E-state index in [0.29, 0.717) is 25.2 Å². The highest BCUT2D eigenvalue weighted by molar-refractivity contribution is 7.09. The average Bonchev–Trinajstić information content (AvgIpc) is 2.89. The maximum atomic E-state index is 12.1. The van der Waals surface area contributed by atoms with E-state index in [1.165, 1.54) is 11.3 Å². The molecule has 1 saturated carbocycles. The third-order valence-electron chi connectivity index (χ3n) is 4.08. The molecule has 0 aliphatic heterocycles. The predicted molar refractivity (Wildman–Crippen MR) is 79.8 cm³/mol. The number of thiazole rings is 1. The van der Waals surface area contributed by atoms with Crippen LogP contribution < -0.4 is 11.1 Å².